The lowest BCUT2D eigenvalue weighted by atomic mass is 10.0. The highest BCUT2D eigenvalue weighted by Crippen LogP contribution is 2.25. The largest absolute Gasteiger partial charge is 0.467 e. The molecule has 0 unspecified atom stereocenters. The van der Waals surface area contributed by atoms with Crippen LogP contribution >= 0.6 is 0 Å². The van der Waals surface area contributed by atoms with Gasteiger partial charge in [0.2, 0.25) is 11.8 Å². The van der Waals surface area contributed by atoms with Gasteiger partial charge in [0.1, 0.15) is 5.76 Å². The van der Waals surface area contributed by atoms with Crippen LogP contribution in [-0.4, -0.2) is 23.3 Å². The number of furan rings is 1. The number of hydrogen-bond donors (Lipinski definition) is 1. The number of hydrogen-bond acceptors (Lipinski definition) is 3. The van der Waals surface area contributed by atoms with E-state index in [1.807, 2.05) is 31.2 Å². The second kappa shape index (κ2) is 6.91. The third-order valence-electron chi connectivity index (χ3n) is 4.50. The summed E-state index contributed by atoms with van der Waals surface area (Å²) in [5, 5.41) is 3.03. The number of carbonyl (C=O) groups excluding carboxylic acids is 2. The average Bonchev–Trinajstić information content (AvgIpc) is 3.20. The topological polar surface area (TPSA) is 62.6 Å². The van der Waals surface area contributed by atoms with Gasteiger partial charge in [-0.1, -0.05) is 25.1 Å². The molecule has 126 valence electrons. The van der Waals surface area contributed by atoms with Gasteiger partial charge in [0.25, 0.3) is 0 Å². The van der Waals surface area contributed by atoms with Crippen LogP contribution in [0.3, 0.4) is 0 Å². The molecule has 0 aliphatic carbocycles. The Morgan fingerprint density at radius 2 is 2.17 bits per heavy atom. The summed E-state index contributed by atoms with van der Waals surface area (Å²) in [5.74, 6) is 0.315. The van der Waals surface area contributed by atoms with E-state index in [0.717, 1.165) is 29.0 Å². The van der Waals surface area contributed by atoms with Gasteiger partial charge in [0.05, 0.1) is 18.7 Å². The van der Waals surface area contributed by atoms with Crippen molar-refractivity contribution in [2.75, 3.05) is 11.9 Å². The Morgan fingerprint density at radius 3 is 2.88 bits per heavy atom. The standard InChI is InChI=1S/C19H22N2O3/c1-3-14-7-4-6-13(2)18(14)20-19(23)15-10-17(22)21(11-15)12-16-8-5-9-24-16/h4-9,15H,3,10-12H2,1-2H3,(H,20,23)/t15-/m1/s1. The van der Waals surface area contributed by atoms with Crippen molar-refractivity contribution in [1.29, 1.82) is 0 Å². The fourth-order valence-corrected chi connectivity index (χ4v) is 3.12. The smallest absolute Gasteiger partial charge is 0.229 e. The van der Waals surface area contributed by atoms with Crippen LogP contribution in [0, 0.1) is 12.8 Å². The summed E-state index contributed by atoms with van der Waals surface area (Å²) in [6.45, 7) is 4.89. The number of rotatable bonds is 5. The van der Waals surface area contributed by atoms with Gasteiger partial charge in [-0.05, 0) is 36.6 Å². The fourth-order valence-electron chi connectivity index (χ4n) is 3.12. The molecular formula is C19H22N2O3. The number of likely N-dealkylation sites (tertiary alicyclic amines) is 1. The molecule has 5 heteroatoms. The maximum Gasteiger partial charge on any atom is 0.229 e. The number of benzene rings is 1. The van der Waals surface area contributed by atoms with E-state index < -0.39 is 0 Å². The van der Waals surface area contributed by atoms with E-state index in [-0.39, 0.29) is 24.2 Å². The summed E-state index contributed by atoms with van der Waals surface area (Å²) in [7, 11) is 0. The Hall–Kier alpha value is -2.56. The van der Waals surface area contributed by atoms with Crippen LogP contribution < -0.4 is 5.32 Å². The molecule has 2 amide bonds. The average molecular weight is 326 g/mol. The van der Waals surface area contributed by atoms with Crippen molar-refractivity contribution in [1.82, 2.24) is 4.90 Å². The van der Waals surface area contributed by atoms with E-state index >= 15 is 0 Å². The molecule has 0 bridgehead atoms. The molecule has 24 heavy (non-hydrogen) atoms. The summed E-state index contributed by atoms with van der Waals surface area (Å²) < 4.78 is 5.29. The van der Waals surface area contributed by atoms with E-state index in [9.17, 15) is 9.59 Å². The van der Waals surface area contributed by atoms with Crippen molar-refractivity contribution in [3.05, 3.63) is 53.5 Å². The number of carbonyl (C=O) groups is 2. The zero-order chi connectivity index (χ0) is 17.1. The molecule has 0 radical (unpaired) electrons. The third kappa shape index (κ3) is 3.35. The number of nitrogens with zero attached hydrogens (tertiary/aromatic N) is 1. The number of anilines is 1. The van der Waals surface area contributed by atoms with Crippen LogP contribution in [-0.2, 0) is 22.6 Å². The minimum absolute atomic E-state index is 0.00736. The van der Waals surface area contributed by atoms with E-state index in [0.29, 0.717) is 13.1 Å². The Morgan fingerprint density at radius 1 is 1.33 bits per heavy atom. The van der Waals surface area contributed by atoms with Gasteiger partial charge in [-0.2, -0.15) is 0 Å². The van der Waals surface area contributed by atoms with Gasteiger partial charge in [0.15, 0.2) is 0 Å². The molecule has 1 saturated heterocycles. The van der Waals surface area contributed by atoms with Gasteiger partial charge in [-0.15, -0.1) is 0 Å². The van der Waals surface area contributed by atoms with Gasteiger partial charge < -0.3 is 14.6 Å². The first kappa shape index (κ1) is 16.3. The third-order valence-corrected chi connectivity index (χ3v) is 4.50. The number of nitrogens with one attached hydrogen (secondary N) is 1. The molecule has 1 aliphatic heterocycles. The first-order valence-electron chi connectivity index (χ1n) is 8.28. The zero-order valence-corrected chi connectivity index (χ0v) is 14.0. The molecule has 1 aliphatic rings. The van der Waals surface area contributed by atoms with Crippen LogP contribution in [0.15, 0.2) is 41.0 Å². The molecule has 0 spiro atoms. The maximum absolute atomic E-state index is 12.6. The predicted octanol–water partition coefficient (Wildman–Crippen LogP) is 3.14. The molecule has 2 aromatic rings. The van der Waals surface area contributed by atoms with Crippen LogP contribution in [0.25, 0.3) is 0 Å². The van der Waals surface area contributed by atoms with Crippen molar-refractivity contribution in [3.8, 4) is 0 Å². The number of para-hydroxylation sites is 1. The van der Waals surface area contributed by atoms with Crippen molar-refractivity contribution in [3.63, 3.8) is 0 Å². The maximum atomic E-state index is 12.6. The monoisotopic (exact) mass is 326 g/mol. The summed E-state index contributed by atoms with van der Waals surface area (Å²) in [6.07, 6.45) is 2.69. The van der Waals surface area contributed by atoms with Crippen molar-refractivity contribution < 1.29 is 14.0 Å². The van der Waals surface area contributed by atoms with E-state index in [1.165, 1.54) is 0 Å². The molecule has 1 aromatic heterocycles. The normalized spacial score (nSPS) is 17.3. The highest BCUT2D eigenvalue weighted by atomic mass is 16.3. The van der Waals surface area contributed by atoms with E-state index in [2.05, 4.69) is 12.2 Å². The van der Waals surface area contributed by atoms with Gasteiger partial charge in [-0.3, -0.25) is 9.59 Å². The summed E-state index contributed by atoms with van der Waals surface area (Å²) in [5.41, 5.74) is 3.03. The number of amides is 2. The molecule has 2 heterocycles. The first-order valence-corrected chi connectivity index (χ1v) is 8.28. The van der Waals surface area contributed by atoms with Crippen molar-refractivity contribution in [2.45, 2.75) is 33.2 Å². The van der Waals surface area contributed by atoms with Crippen LogP contribution in [0.2, 0.25) is 0 Å². The molecular weight excluding hydrogens is 304 g/mol. The van der Waals surface area contributed by atoms with Crippen molar-refractivity contribution in [2.24, 2.45) is 5.92 Å². The molecule has 1 fully saturated rings. The molecule has 3 rings (SSSR count). The fraction of sp³-hybridized carbons (Fsp3) is 0.368. The second-order valence-corrected chi connectivity index (χ2v) is 6.21. The molecule has 5 nitrogen and oxygen atoms in total. The first-order chi connectivity index (χ1) is 11.6. The minimum Gasteiger partial charge on any atom is -0.467 e. The van der Waals surface area contributed by atoms with Gasteiger partial charge in [-0.25, -0.2) is 0 Å². The Labute approximate surface area is 141 Å². The Kier molecular flexibility index (Phi) is 4.69. The van der Waals surface area contributed by atoms with E-state index in [4.69, 9.17) is 4.42 Å². The highest BCUT2D eigenvalue weighted by Gasteiger charge is 2.34. The zero-order valence-electron chi connectivity index (χ0n) is 14.0. The lowest BCUT2D eigenvalue weighted by molar-refractivity contribution is -0.128. The number of aryl methyl sites for hydroxylation is 2. The summed E-state index contributed by atoms with van der Waals surface area (Å²) >= 11 is 0. The quantitative estimate of drug-likeness (QED) is 0.918. The van der Waals surface area contributed by atoms with Crippen LogP contribution in [0.5, 0.6) is 0 Å². The lowest BCUT2D eigenvalue weighted by Gasteiger charge is -2.17. The lowest BCUT2D eigenvalue weighted by Crippen LogP contribution is -2.28. The predicted molar refractivity (Wildman–Crippen MR) is 91.4 cm³/mol. The van der Waals surface area contributed by atoms with E-state index in [1.54, 1.807) is 17.2 Å². The minimum atomic E-state index is -0.322. The molecule has 1 aromatic carbocycles. The highest BCUT2D eigenvalue weighted by molar-refractivity contribution is 5.98. The van der Waals surface area contributed by atoms with Crippen LogP contribution in [0.4, 0.5) is 5.69 Å². The summed E-state index contributed by atoms with van der Waals surface area (Å²) in [4.78, 5) is 26.5. The Bertz CT molecular complexity index is 737. The van der Waals surface area contributed by atoms with Crippen LogP contribution in [0.1, 0.15) is 30.2 Å². The van der Waals surface area contributed by atoms with Gasteiger partial charge >= 0.3 is 0 Å². The molecule has 1 atom stereocenters. The van der Waals surface area contributed by atoms with Gasteiger partial charge in [0, 0.05) is 18.7 Å². The Balaban J connectivity index is 1.67. The SMILES string of the molecule is CCc1cccc(C)c1NC(=O)[C@@H]1CC(=O)N(Cc2ccco2)C1. The summed E-state index contributed by atoms with van der Waals surface area (Å²) in [6, 6.07) is 9.63. The second-order valence-electron chi connectivity index (χ2n) is 6.21. The molecule has 1 N–H and O–H groups in total. The van der Waals surface area contributed by atoms with Crippen molar-refractivity contribution >= 4 is 17.5 Å². The molecule has 0 saturated carbocycles.